The molecule has 10 rings (SSSR count). The number of benzene rings is 8. The summed E-state index contributed by atoms with van der Waals surface area (Å²) in [5.41, 5.74) is 9.80. The molecule has 8 aromatic carbocycles. The molecule has 2 aliphatic heterocycles. The molecule has 0 radical (unpaired) electrons. The molecule has 0 N–H and O–H groups in total. The van der Waals surface area contributed by atoms with Gasteiger partial charge >= 0.3 is 0 Å². The van der Waals surface area contributed by atoms with Gasteiger partial charge in [0.15, 0.2) is 8.07 Å². The zero-order valence-corrected chi connectivity index (χ0v) is 31.1. The van der Waals surface area contributed by atoms with Crippen LogP contribution in [0.5, 0.6) is 0 Å². The molecule has 0 bridgehead atoms. The summed E-state index contributed by atoms with van der Waals surface area (Å²) >= 11 is 0. The Labute approximate surface area is 319 Å². The number of fused-ring (bicyclic) bond motifs is 4. The maximum absolute atomic E-state index is 2.65. The SMILES string of the molecule is c1ccc(C2(c3ccccc3)c3ccccc3N(CCN3c4ccccc4[Si](c4ccccc4)(c4ccccc4)c4ccccc43)c3ccccc32)cc1. The molecule has 0 saturated carbocycles. The molecular weight excluding hydrogens is 669 g/mol. The number of hydrogen-bond donors (Lipinski definition) is 0. The smallest absolute Gasteiger partial charge is 0.183 e. The quantitative estimate of drug-likeness (QED) is 0.153. The highest BCUT2D eigenvalue weighted by atomic mass is 28.3. The van der Waals surface area contributed by atoms with Crippen molar-refractivity contribution < 1.29 is 0 Å². The van der Waals surface area contributed by atoms with Crippen molar-refractivity contribution in [1.29, 1.82) is 0 Å². The fourth-order valence-electron chi connectivity index (χ4n) is 9.67. The Hall–Kier alpha value is -6.42. The fraction of sp³-hybridized carbons (Fsp3) is 0.0588. The monoisotopic (exact) mass is 708 g/mol. The maximum atomic E-state index is 2.60. The minimum atomic E-state index is -2.65. The molecule has 258 valence electrons. The van der Waals surface area contributed by atoms with E-state index >= 15 is 0 Å². The summed E-state index contributed by atoms with van der Waals surface area (Å²) in [6.45, 7) is 1.62. The van der Waals surface area contributed by atoms with E-state index in [9.17, 15) is 0 Å². The van der Waals surface area contributed by atoms with Crippen LogP contribution in [0.3, 0.4) is 0 Å². The van der Waals surface area contributed by atoms with Gasteiger partial charge in [-0.05, 0) is 67.3 Å². The first-order chi connectivity index (χ1) is 26.8. The Balaban J connectivity index is 1.14. The molecule has 2 nitrogen and oxygen atoms in total. The molecule has 0 fully saturated rings. The molecular formula is C51H40N2Si. The van der Waals surface area contributed by atoms with Gasteiger partial charge in [-0.2, -0.15) is 0 Å². The molecule has 0 saturated heterocycles. The fourth-order valence-corrected chi connectivity index (χ4v) is 14.8. The summed E-state index contributed by atoms with van der Waals surface area (Å²) < 4.78 is 0. The normalized spacial score (nSPS) is 14.7. The van der Waals surface area contributed by atoms with E-state index in [-0.39, 0.29) is 0 Å². The lowest BCUT2D eigenvalue weighted by molar-refractivity contribution is 0.714. The second kappa shape index (κ2) is 13.2. The van der Waals surface area contributed by atoms with Gasteiger partial charge in [-0.25, -0.2) is 0 Å². The summed E-state index contributed by atoms with van der Waals surface area (Å²) in [7, 11) is -2.65. The minimum absolute atomic E-state index is 0.465. The van der Waals surface area contributed by atoms with Crippen LogP contribution >= 0.6 is 0 Å². The van der Waals surface area contributed by atoms with Crippen molar-refractivity contribution in [1.82, 2.24) is 0 Å². The minimum Gasteiger partial charge on any atom is -0.340 e. The molecule has 0 aromatic heterocycles. The lowest BCUT2D eigenvalue weighted by atomic mass is 9.62. The molecule has 54 heavy (non-hydrogen) atoms. The largest absolute Gasteiger partial charge is 0.340 e. The Morgan fingerprint density at radius 2 is 0.630 bits per heavy atom. The predicted molar refractivity (Wildman–Crippen MR) is 229 cm³/mol. The van der Waals surface area contributed by atoms with E-state index in [1.54, 1.807) is 0 Å². The van der Waals surface area contributed by atoms with Crippen LogP contribution < -0.4 is 30.5 Å². The van der Waals surface area contributed by atoms with Gasteiger partial charge < -0.3 is 9.80 Å². The zero-order chi connectivity index (χ0) is 36.0. The molecule has 0 amide bonds. The van der Waals surface area contributed by atoms with Crippen LogP contribution in [0.25, 0.3) is 0 Å². The second-order valence-corrected chi connectivity index (χ2v) is 18.1. The van der Waals surface area contributed by atoms with Gasteiger partial charge in [0.1, 0.15) is 0 Å². The van der Waals surface area contributed by atoms with Gasteiger partial charge in [-0.15, -0.1) is 0 Å². The van der Waals surface area contributed by atoms with Crippen molar-refractivity contribution in [3.05, 3.63) is 241 Å². The Kier molecular flexibility index (Phi) is 7.89. The van der Waals surface area contributed by atoms with E-state index in [1.165, 1.54) is 65.8 Å². The van der Waals surface area contributed by atoms with Crippen molar-refractivity contribution in [2.45, 2.75) is 5.41 Å². The highest BCUT2D eigenvalue weighted by molar-refractivity contribution is 7.21. The van der Waals surface area contributed by atoms with Gasteiger partial charge in [-0.3, -0.25) is 0 Å². The molecule has 0 aliphatic carbocycles. The van der Waals surface area contributed by atoms with Crippen molar-refractivity contribution in [3.8, 4) is 0 Å². The van der Waals surface area contributed by atoms with Crippen LogP contribution in [-0.4, -0.2) is 21.2 Å². The first-order valence-corrected chi connectivity index (χ1v) is 21.0. The highest BCUT2D eigenvalue weighted by Crippen LogP contribution is 2.55. The van der Waals surface area contributed by atoms with Gasteiger partial charge in [0.2, 0.25) is 0 Å². The second-order valence-electron chi connectivity index (χ2n) is 14.3. The maximum Gasteiger partial charge on any atom is 0.183 e. The summed E-state index contributed by atoms with van der Waals surface area (Å²) in [5.74, 6) is 0. The van der Waals surface area contributed by atoms with E-state index in [4.69, 9.17) is 0 Å². The van der Waals surface area contributed by atoms with E-state index in [1.807, 2.05) is 0 Å². The summed E-state index contributed by atoms with van der Waals surface area (Å²) in [6, 6.07) is 81.3. The van der Waals surface area contributed by atoms with E-state index < -0.39 is 13.5 Å². The first kappa shape index (κ1) is 32.2. The molecule has 2 heterocycles. The van der Waals surface area contributed by atoms with Gasteiger partial charge in [-0.1, -0.05) is 194 Å². The van der Waals surface area contributed by atoms with Crippen LogP contribution in [0.4, 0.5) is 22.7 Å². The molecule has 3 heteroatoms. The zero-order valence-electron chi connectivity index (χ0n) is 30.1. The van der Waals surface area contributed by atoms with Crippen molar-refractivity contribution in [2.75, 3.05) is 22.9 Å². The van der Waals surface area contributed by atoms with Gasteiger partial charge in [0, 0.05) is 35.8 Å². The van der Waals surface area contributed by atoms with Crippen LogP contribution in [0.15, 0.2) is 218 Å². The Morgan fingerprint density at radius 3 is 1.06 bits per heavy atom. The Bertz CT molecular complexity index is 2210. The summed E-state index contributed by atoms with van der Waals surface area (Å²) in [6.07, 6.45) is 0. The molecule has 2 aliphatic rings. The standard InChI is InChI=1S/C51H40N2Si/c1-5-21-39(22-6-1)51(40-23-7-2-8-24-40)43-29-13-15-31-45(43)52(46-32-16-14-30-44(46)51)37-38-53-47-33-17-19-35-49(47)54(41-25-9-3-10-26-41,42-27-11-4-12-28-42)50-36-20-18-34-48(50)53/h1-36H,37-38H2. The average molecular weight is 709 g/mol. The number of anilines is 4. The van der Waals surface area contributed by atoms with Crippen molar-refractivity contribution in [2.24, 2.45) is 0 Å². The lowest BCUT2D eigenvalue weighted by Crippen LogP contribution is -2.77. The topological polar surface area (TPSA) is 6.48 Å². The molecule has 0 spiro atoms. The van der Waals surface area contributed by atoms with Gasteiger partial charge in [0.05, 0.1) is 5.41 Å². The number of nitrogens with zero attached hydrogens (tertiary/aromatic N) is 2. The lowest BCUT2D eigenvalue weighted by Gasteiger charge is -2.48. The number of para-hydroxylation sites is 4. The molecule has 0 unspecified atom stereocenters. The Morgan fingerprint density at radius 1 is 0.315 bits per heavy atom. The third kappa shape index (κ3) is 4.72. The summed E-state index contributed by atoms with van der Waals surface area (Å²) in [4.78, 5) is 5.18. The predicted octanol–water partition coefficient (Wildman–Crippen LogP) is 9.05. The molecule has 0 atom stereocenters. The van der Waals surface area contributed by atoms with Crippen molar-refractivity contribution >= 4 is 51.6 Å². The summed E-state index contributed by atoms with van der Waals surface area (Å²) in [5, 5.41) is 5.70. The van der Waals surface area contributed by atoms with Crippen LogP contribution in [0.1, 0.15) is 22.3 Å². The van der Waals surface area contributed by atoms with Crippen LogP contribution in [0.2, 0.25) is 0 Å². The third-order valence-electron chi connectivity index (χ3n) is 11.8. The van der Waals surface area contributed by atoms with Crippen LogP contribution in [-0.2, 0) is 5.41 Å². The number of hydrogen-bond acceptors (Lipinski definition) is 2. The molecule has 8 aromatic rings. The first-order valence-electron chi connectivity index (χ1n) is 19.0. The van der Waals surface area contributed by atoms with Crippen molar-refractivity contribution in [3.63, 3.8) is 0 Å². The van der Waals surface area contributed by atoms with E-state index in [0.29, 0.717) is 0 Å². The third-order valence-corrected chi connectivity index (χ3v) is 16.6. The van der Waals surface area contributed by atoms with Crippen LogP contribution in [0, 0.1) is 0 Å². The highest BCUT2D eigenvalue weighted by Gasteiger charge is 2.49. The number of rotatable bonds is 7. The average Bonchev–Trinajstić information content (AvgIpc) is 3.26. The van der Waals surface area contributed by atoms with E-state index in [0.717, 1.165) is 13.1 Å². The van der Waals surface area contributed by atoms with E-state index in [2.05, 4.69) is 228 Å². The van der Waals surface area contributed by atoms with Gasteiger partial charge in [0.25, 0.3) is 0 Å².